The number of hydrogen-bond acceptors (Lipinski definition) is 2. The Morgan fingerprint density at radius 3 is 3.40 bits per heavy atom. The van der Waals surface area contributed by atoms with Gasteiger partial charge in [-0.2, -0.15) is 5.10 Å². The first kappa shape index (κ1) is 5.98. The topological polar surface area (TPSA) is 29.9 Å². The fourth-order valence-electron chi connectivity index (χ4n) is 1.32. The maximum Gasteiger partial charge on any atom is 0.143 e. The molecule has 4 heteroatoms. The maximum absolute atomic E-state index is 4.23. The third-order valence-electron chi connectivity index (χ3n) is 1.95. The van der Waals surface area contributed by atoms with Gasteiger partial charge in [0, 0.05) is 25.0 Å². The summed E-state index contributed by atoms with van der Waals surface area (Å²) in [4.78, 5) is 0. The summed E-state index contributed by atoms with van der Waals surface area (Å²) in [5.41, 5.74) is 2.64. The minimum atomic E-state index is 0.978. The van der Waals surface area contributed by atoms with Crippen LogP contribution in [0.3, 0.4) is 0 Å². The Morgan fingerprint density at radius 2 is 2.60 bits per heavy atom. The molecule has 52 valence electrons. The zero-order chi connectivity index (χ0) is 6.97. The predicted molar refractivity (Wildman–Crippen MR) is 42.1 cm³/mol. The number of nitrogens with zero attached hydrogens (tertiary/aromatic N) is 2. The van der Waals surface area contributed by atoms with Crippen molar-refractivity contribution in [3.8, 4) is 0 Å². The second kappa shape index (κ2) is 2.13. The molecule has 0 unspecified atom stereocenters. The number of hydrogen-bond donors (Lipinski definition) is 1. The molecular formula is C6H10BN3. The molecule has 1 aromatic rings. The largest absolute Gasteiger partial charge is 0.309 e. The smallest absolute Gasteiger partial charge is 0.143 e. The first-order valence-electron chi connectivity index (χ1n) is 3.60. The lowest BCUT2D eigenvalue weighted by atomic mass is 9.96. The van der Waals surface area contributed by atoms with Crippen LogP contribution in [0.15, 0.2) is 6.20 Å². The van der Waals surface area contributed by atoms with Crippen molar-refractivity contribution in [2.45, 2.75) is 13.1 Å². The van der Waals surface area contributed by atoms with E-state index < -0.39 is 0 Å². The van der Waals surface area contributed by atoms with E-state index in [1.165, 1.54) is 11.2 Å². The van der Waals surface area contributed by atoms with Gasteiger partial charge in [0.05, 0.1) is 6.54 Å². The standard InChI is InChI=1S/C6H10BN3/c7-5-3-9-10-2-1-8-4-6(5)10/h3,8H,1-2,4,7H2. The first-order valence-corrected chi connectivity index (χ1v) is 3.60. The lowest BCUT2D eigenvalue weighted by molar-refractivity contribution is 0.477. The number of nitrogens with one attached hydrogen (secondary N) is 1. The lowest BCUT2D eigenvalue weighted by Crippen LogP contribution is -2.31. The molecule has 0 spiro atoms. The van der Waals surface area contributed by atoms with Crippen molar-refractivity contribution in [2.24, 2.45) is 0 Å². The molecule has 0 fully saturated rings. The van der Waals surface area contributed by atoms with Crippen LogP contribution in [-0.4, -0.2) is 24.2 Å². The Labute approximate surface area is 60.8 Å². The highest BCUT2D eigenvalue weighted by molar-refractivity contribution is 6.33. The van der Waals surface area contributed by atoms with Crippen molar-refractivity contribution in [3.63, 3.8) is 0 Å². The Kier molecular flexibility index (Phi) is 1.27. The molecule has 10 heavy (non-hydrogen) atoms. The van der Waals surface area contributed by atoms with Gasteiger partial charge < -0.3 is 5.32 Å². The quantitative estimate of drug-likeness (QED) is 0.427. The highest BCUT2D eigenvalue weighted by Gasteiger charge is 2.09. The number of fused-ring (bicyclic) bond motifs is 1. The van der Waals surface area contributed by atoms with Crippen LogP contribution < -0.4 is 10.8 Å². The molecule has 0 atom stereocenters. The second-order valence-electron chi connectivity index (χ2n) is 2.67. The molecule has 1 aromatic heterocycles. The predicted octanol–water partition coefficient (Wildman–Crippen LogP) is -1.76. The van der Waals surface area contributed by atoms with Gasteiger partial charge in [-0.3, -0.25) is 4.68 Å². The van der Waals surface area contributed by atoms with Gasteiger partial charge in [0.1, 0.15) is 7.85 Å². The summed E-state index contributed by atoms with van der Waals surface area (Å²) in [5.74, 6) is 0. The van der Waals surface area contributed by atoms with Gasteiger partial charge in [0.15, 0.2) is 0 Å². The molecule has 0 saturated carbocycles. The summed E-state index contributed by atoms with van der Waals surface area (Å²) >= 11 is 0. The molecule has 1 aliphatic heterocycles. The average Bonchev–Trinajstić information content (AvgIpc) is 2.34. The summed E-state index contributed by atoms with van der Waals surface area (Å²) in [5, 5.41) is 7.54. The highest BCUT2D eigenvalue weighted by Crippen LogP contribution is 1.98. The molecule has 2 rings (SSSR count). The fourth-order valence-corrected chi connectivity index (χ4v) is 1.32. The number of aromatic nitrogens is 2. The van der Waals surface area contributed by atoms with Crippen molar-refractivity contribution in [1.29, 1.82) is 0 Å². The fraction of sp³-hybridized carbons (Fsp3) is 0.500. The third-order valence-corrected chi connectivity index (χ3v) is 1.95. The van der Waals surface area contributed by atoms with E-state index in [4.69, 9.17) is 0 Å². The lowest BCUT2D eigenvalue weighted by Gasteiger charge is -2.15. The zero-order valence-electron chi connectivity index (χ0n) is 6.09. The molecule has 0 saturated heterocycles. The van der Waals surface area contributed by atoms with Crippen LogP contribution in [0.5, 0.6) is 0 Å². The van der Waals surface area contributed by atoms with Gasteiger partial charge >= 0.3 is 0 Å². The van der Waals surface area contributed by atoms with Crippen LogP contribution in [-0.2, 0) is 13.1 Å². The van der Waals surface area contributed by atoms with Crippen LogP contribution >= 0.6 is 0 Å². The Bertz CT molecular complexity index is 243. The van der Waals surface area contributed by atoms with Crippen LogP contribution in [0, 0.1) is 0 Å². The third kappa shape index (κ3) is 0.760. The monoisotopic (exact) mass is 135 g/mol. The molecule has 1 aliphatic rings. The second-order valence-corrected chi connectivity index (χ2v) is 2.67. The van der Waals surface area contributed by atoms with Crippen molar-refractivity contribution < 1.29 is 0 Å². The Balaban J connectivity index is 2.45. The van der Waals surface area contributed by atoms with E-state index in [1.54, 1.807) is 0 Å². The van der Waals surface area contributed by atoms with Crippen LogP contribution in [0.1, 0.15) is 5.69 Å². The van der Waals surface area contributed by atoms with Gasteiger partial charge in [0.25, 0.3) is 0 Å². The van der Waals surface area contributed by atoms with E-state index in [1.807, 2.05) is 6.20 Å². The number of rotatable bonds is 0. The summed E-state index contributed by atoms with van der Waals surface area (Å²) < 4.78 is 2.08. The van der Waals surface area contributed by atoms with E-state index in [2.05, 4.69) is 22.9 Å². The molecule has 1 N–H and O–H groups in total. The van der Waals surface area contributed by atoms with Gasteiger partial charge in [0.2, 0.25) is 0 Å². The summed E-state index contributed by atoms with van der Waals surface area (Å²) in [7, 11) is 2.10. The zero-order valence-corrected chi connectivity index (χ0v) is 6.09. The van der Waals surface area contributed by atoms with Gasteiger partial charge in [-0.1, -0.05) is 0 Å². The molecule has 0 amide bonds. The van der Waals surface area contributed by atoms with Crippen molar-refractivity contribution >= 4 is 13.3 Å². The Morgan fingerprint density at radius 1 is 1.70 bits per heavy atom. The molecule has 3 nitrogen and oxygen atoms in total. The van der Waals surface area contributed by atoms with Crippen molar-refractivity contribution in [1.82, 2.24) is 15.1 Å². The van der Waals surface area contributed by atoms with Crippen molar-refractivity contribution in [2.75, 3.05) is 6.54 Å². The maximum atomic E-state index is 4.23. The SMILES string of the molecule is Bc1cnn2c1CNCC2. The van der Waals surface area contributed by atoms with E-state index in [9.17, 15) is 0 Å². The van der Waals surface area contributed by atoms with Crippen LogP contribution in [0.25, 0.3) is 0 Å². The first-order chi connectivity index (χ1) is 4.88. The average molecular weight is 135 g/mol. The Hall–Kier alpha value is -0.765. The summed E-state index contributed by atoms with van der Waals surface area (Å²) in [6.07, 6.45) is 1.93. The summed E-state index contributed by atoms with van der Waals surface area (Å²) in [6.45, 7) is 3.04. The van der Waals surface area contributed by atoms with Crippen molar-refractivity contribution in [3.05, 3.63) is 11.9 Å². The van der Waals surface area contributed by atoms with Gasteiger partial charge in [-0.15, -0.1) is 0 Å². The van der Waals surface area contributed by atoms with E-state index in [0.29, 0.717) is 0 Å². The van der Waals surface area contributed by atoms with E-state index in [0.717, 1.165) is 19.6 Å². The molecule has 2 heterocycles. The molecule has 0 aromatic carbocycles. The van der Waals surface area contributed by atoms with Gasteiger partial charge in [-0.25, -0.2) is 0 Å². The normalized spacial score (nSPS) is 16.8. The minimum Gasteiger partial charge on any atom is -0.309 e. The van der Waals surface area contributed by atoms with Crippen LogP contribution in [0.2, 0.25) is 0 Å². The molecule has 0 bridgehead atoms. The molecule has 0 radical (unpaired) electrons. The van der Waals surface area contributed by atoms with E-state index in [-0.39, 0.29) is 0 Å². The van der Waals surface area contributed by atoms with Gasteiger partial charge in [-0.05, 0) is 5.46 Å². The molecular weight excluding hydrogens is 125 g/mol. The molecule has 0 aliphatic carbocycles. The minimum absolute atomic E-state index is 0.978. The van der Waals surface area contributed by atoms with E-state index >= 15 is 0 Å². The highest BCUT2D eigenvalue weighted by atomic mass is 15.3. The van der Waals surface area contributed by atoms with Crippen LogP contribution in [0.4, 0.5) is 0 Å². The summed E-state index contributed by atoms with van der Waals surface area (Å²) in [6, 6.07) is 0.